The molecule has 3 aromatic carbocycles. The standard InChI is InChI=1S/C27H30N2O4S/c1-5-33-27-16-26(21-9-7-20(8-10-21)19(4)30)28-25-13-12-23(15-24(25)27)34(31,32)29-22-11-6-17(2)18(3)14-22/h6-15,26-29H,5,16H2,1-4H3. The maximum Gasteiger partial charge on any atom is 0.261 e. The first-order valence-electron chi connectivity index (χ1n) is 11.4. The number of hydrogen-bond donors (Lipinski definition) is 2. The van der Waals surface area contributed by atoms with Crippen LogP contribution < -0.4 is 10.0 Å². The van der Waals surface area contributed by atoms with Gasteiger partial charge in [0, 0.05) is 35.5 Å². The molecule has 7 heteroatoms. The molecule has 2 unspecified atom stereocenters. The van der Waals surface area contributed by atoms with E-state index < -0.39 is 10.0 Å². The van der Waals surface area contributed by atoms with E-state index in [4.69, 9.17) is 4.74 Å². The molecule has 1 aliphatic rings. The molecule has 0 aliphatic carbocycles. The minimum atomic E-state index is -3.76. The topological polar surface area (TPSA) is 84.5 Å². The van der Waals surface area contributed by atoms with Crippen LogP contribution in [0.25, 0.3) is 0 Å². The zero-order chi connectivity index (χ0) is 24.5. The van der Waals surface area contributed by atoms with Gasteiger partial charge >= 0.3 is 0 Å². The van der Waals surface area contributed by atoms with Crippen molar-refractivity contribution in [3.05, 3.63) is 88.5 Å². The van der Waals surface area contributed by atoms with E-state index in [1.54, 1.807) is 31.2 Å². The number of benzene rings is 3. The SMILES string of the molecule is CCOC1CC(c2ccc(C(C)=O)cc2)Nc2ccc(S(=O)(=O)Nc3ccc(C)c(C)c3)cc21. The van der Waals surface area contributed by atoms with Crippen molar-refractivity contribution in [2.24, 2.45) is 0 Å². The molecule has 0 radical (unpaired) electrons. The summed E-state index contributed by atoms with van der Waals surface area (Å²) < 4.78 is 35.0. The number of anilines is 2. The van der Waals surface area contributed by atoms with Crippen molar-refractivity contribution >= 4 is 27.2 Å². The molecule has 1 heterocycles. The lowest BCUT2D eigenvalue weighted by molar-refractivity contribution is 0.0497. The zero-order valence-corrected chi connectivity index (χ0v) is 20.7. The van der Waals surface area contributed by atoms with Crippen molar-refractivity contribution in [3.63, 3.8) is 0 Å². The first kappa shape index (κ1) is 24.0. The van der Waals surface area contributed by atoms with Crippen LogP contribution in [0.1, 0.15) is 65.0 Å². The van der Waals surface area contributed by atoms with Gasteiger partial charge in [-0.05, 0) is 74.7 Å². The van der Waals surface area contributed by atoms with Crippen LogP contribution in [0.3, 0.4) is 0 Å². The minimum absolute atomic E-state index is 0.0128. The van der Waals surface area contributed by atoms with Gasteiger partial charge in [-0.3, -0.25) is 9.52 Å². The molecule has 4 rings (SSSR count). The first-order chi connectivity index (χ1) is 16.2. The lowest BCUT2D eigenvalue weighted by Crippen LogP contribution is -2.24. The Labute approximate surface area is 201 Å². The van der Waals surface area contributed by atoms with E-state index in [1.807, 2.05) is 57.2 Å². The maximum atomic E-state index is 13.1. The van der Waals surface area contributed by atoms with E-state index in [-0.39, 0.29) is 22.8 Å². The molecule has 0 saturated heterocycles. The summed E-state index contributed by atoms with van der Waals surface area (Å²) in [6.45, 7) is 7.94. The van der Waals surface area contributed by atoms with Gasteiger partial charge in [0.1, 0.15) is 0 Å². The van der Waals surface area contributed by atoms with Gasteiger partial charge in [-0.25, -0.2) is 8.42 Å². The lowest BCUT2D eigenvalue weighted by Gasteiger charge is -2.33. The van der Waals surface area contributed by atoms with Gasteiger partial charge < -0.3 is 10.1 Å². The summed E-state index contributed by atoms with van der Waals surface area (Å²) in [6.07, 6.45) is 0.393. The van der Waals surface area contributed by atoms with Gasteiger partial charge in [-0.1, -0.05) is 30.3 Å². The van der Waals surface area contributed by atoms with E-state index in [0.717, 1.165) is 27.9 Å². The third kappa shape index (κ3) is 5.00. The predicted octanol–water partition coefficient (Wildman–Crippen LogP) is 5.94. The summed E-state index contributed by atoms with van der Waals surface area (Å²) in [4.78, 5) is 11.8. The van der Waals surface area contributed by atoms with Crippen LogP contribution in [-0.4, -0.2) is 20.8 Å². The smallest absolute Gasteiger partial charge is 0.261 e. The van der Waals surface area contributed by atoms with E-state index in [1.165, 1.54) is 0 Å². The molecule has 0 bridgehead atoms. The summed E-state index contributed by atoms with van der Waals surface area (Å²) in [5, 5.41) is 3.51. The fourth-order valence-electron chi connectivity index (χ4n) is 4.24. The van der Waals surface area contributed by atoms with Gasteiger partial charge in [-0.15, -0.1) is 0 Å². The van der Waals surface area contributed by atoms with Crippen molar-refractivity contribution in [1.82, 2.24) is 0 Å². The molecule has 6 nitrogen and oxygen atoms in total. The molecular formula is C27H30N2O4S. The first-order valence-corrected chi connectivity index (χ1v) is 12.9. The van der Waals surface area contributed by atoms with Gasteiger partial charge in [-0.2, -0.15) is 0 Å². The summed E-state index contributed by atoms with van der Waals surface area (Å²) in [6, 6.07) is 18.2. The quantitative estimate of drug-likeness (QED) is 0.411. The maximum absolute atomic E-state index is 13.1. The predicted molar refractivity (Wildman–Crippen MR) is 135 cm³/mol. The molecule has 0 saturated carbocycles. The molecule has 2 atom stereocenters. The Morgan fingerprint density at radius 3 is 2.41 bits per heavy atom. The number of carbonyl (C=O) groups excluding carboxylic acids is 1. The highest BCUT2D eigenvalue weighted by molar-refractivity contribution is 7.92. The van der Waals surface area contributed by atoms with Crippen LogP contribution >= 0.6 is 0 Å². The largest absolute Gasteiger partial charge is 0.378 e. The van der Waals surface area contributed by atoms with Crippen LogP contribution in [0, 0.1) is 13.8 Å². The Morgan fingerprint density at radius 1 is 1.03 bits per heavy atom. The number of nitrogens with one attached hydrogen (secondary N) is 2. The number of fused-ring (bicyclic) bond motifs is 1. The highest BCUT2D eigenvalue weighted by Crippen LogP contribution is 2.42. The van der Waals surface area contributed by atoms with Crippen molar-refractivity contribution in [2.45, 2.75) is 51.2 Å². The van der Waals surface area contributed by atoms with E-state index in [9.17, 15) is 13.2 Å². The highest BCUT2D eigenvalue weighted by atomic mass is 32.2. The Hall–Kier alpha value is -3.16. The number of rotatable bonds is 7. The lowest BCUT2D eigenvalue weighted by atomic mass is 9.90. The summed E-state index contributed by atoms with van der Waals surface area (Å²) in [5.74, 6) is 0.0313. The number of ketones is 1. The molecule has 0 amide bonds. The Kier molecular flexibility index (Phi) is 6.77. The van der Waals surface area contributed by atoms with E-state index in [2.05, 4.69) is 10.0 Å². The zero-order valence-electron chi connectivity index (χ0n) is 19.9. The second kappa shape index (κ2) is 9.60. The fraction of sp³-hybridized carbons (Fsp3) is 0.296. The average molecular weight is 479 g/mol. The summed E-state index contributed by atoms with van der Waals surface area (Å²) in [5.41, 5.74) is 6.05. The molecule has 2 N–H and O–H groups in total. The van der Waals surface area contributed by atoms with Gasteiger partial charge in [0.15, 0.2) is 5.78 Å². The van der Waals surface area contributed by atoms with Crippen molar-refractivity contribution in [3.8, 4) is 0 Å². The highest BCUT2D eigenvalue weighted by Gasteiger charge is 2.30. The number of aryl methyl sites for hydroxylation is 2. The van der Waals surface area contributed by atoms with E-state index >= 15 is 0 Å². The van der Waals surface area contributed by atoms with E-state index in [0.29, 0.717) is 24.3 Å². The molecule has 1 aliphatic heterocycles. The molecule has 0 fully saturated rings. The van der Waals surface area contributed by atoms with Crippen molar-refractivity contribution in [2.75, 3.05) is 16.6 Å². The second-order valence-corrected chi connectivity index (χ2v) is 10.4. The van der Waals surface area contributed by atoms with Crippen LogP contribution in [0.15, 0.2) is 65.6 Å². The Morgan fingerprint density at radius 2 is 1.76 bits per heavy atom. The normalized spacial score (nSPS) is 17.5. The Bertz CT molecular complexity index is 1320. The molecule has 178 valence electrons. The van der Waals surface area contributed by atoms with Gasteiger partial charge in [0.25, 0.3) is 10.0 Å². The fourth-order valence-corrected chi connectivity index (χ4v) is 5.33. The molecular weight excluding hydrogens is 448 g/mol. The van der Waals surface area contributed by atoms with Gasteiger partial charge in [0.05, 0.1) is 17.0 Å². The number of hydrogen-bond acceptors (Lipinski definition) is 5. The number of Topliss-reactive ketones (excluding diaryl/α,β-unsaturated/α-hetero) is 1. The number of sulfonamides is 1. The summed E-state index contributed by atoms with van der Waals surface area (Å²) >= 11 is 0. The van der Waals surface area contributed by atoms with Crippen LogP contribution in [-0.2, 0) is 14.8 Å². The average Bonchev–Trinajstić information content (AvgIpc) is 2.81. The number of carbonyl (C=O) groups is 1. The van der Waals surface area contributed by atoms with Crippen molar-refractivity contribution in [1.29, 1.82) is 0 Å². The van der Waals surface area contributed by atoms with Crippen molar-refractivity contribution < 1.29 is 17.9 Å². The third-order valence-corrected chi connectivity index (χ3v) is 7.69. The molecule has 0 aromatic heterocycles. The van der Waals surface area contributed by atoms with Crippen LogP contribution in [0.5, 0.6) is 0 Å². The molecule has 0 spiro atoms. The van der Waals surface area contributed by atoms with Crippen LogP contribution in [0.2, 0.25) is 0 Å². The Balaban J connectivity index is 1.62. The second-order valence-electron chi connectivity index (χ2n) is 8.71. The monoisotopic (exact) mass is 478 g/mol. The summed E-state index contributed by atoms with van der Waals surface area (Å²) in [7, 11) is -3.76. The molecule has 3 aromatic rings. The number of ether oxygens (including phenoxy) is 1. The molecule has 34 heavy (non-hydrogen) atoms. The van der Waals surface area contributed by atoms with Crippen LogP contribution in [0.4, 0.5) is 11.4 Å². The minimum Gasteiger partial charge on any atom is -0.378 e. The third-order valence-electron chi connectivity index (χ3n) is 6.31. The van der Waals surface area contributed by atoms with Gasteiger partial charge in [0.2, 0.25) is 0 Å².